The van der Waals surface area contributed by atoms with Gasteiger partial charge in [0.25, 0.3) is 11.8 Å². The molecule has 39 heavy (non-hydrogen) atoms. The summed E-state index contributed by atoms with van der Waals surface area (Å²) < 4.78 is 49.4. The Morgan fingerprint density at radius 1 is 1.05 bits per heavy atom. The van der Waals surface area contributed by atoms with Crippen molar-refractivity contribution in [1.82, 2.24) is 9.80 Å². The molecule has 0 spiro atoms. The van der Waals surface area contributed by atoms with Gasteiger partial charge in [-0.05, 0) is 50.2 Å². The van der Waals surface area contributed by atoms with Crippen molar-refractivity contribution in [3.05, 3.63) is 47.5 Å². The molecule has 2 amide bonds. The summed E-state index contributed by atoms with van der Waals surface area (Å²) in [5, 5.41) is 0. The van der Waals surface area contributed by atoms with E-state index in [4.69, 9.17) is 18.9 Å². The summed E-state index contributed by atoms with van der Waals surface area (Å²) in [6, 6.07) is 9.31. The minimum Gasteiger partial charge on any atom is -0.491 e. The third-order valence-electron chi connectivity index (χ3n) is 6.98. The van der Waals surface area contributed by atoms with Crippen molar-refractivity contribution in [1.29, 1.82) is 0 Å². The lowest BCUT2D eigenvalue weighted by Crippen LogP contribution is -2.48. The molecule has 0 unspecified atom stereocenters. The van der Waals surface area contributed by atoms with E-state index in [0.29, 0.717) is 23.6 Å². The number of anilines is 1. The molecule has 2 aromatic rings. The third-order valence-corrected chi connectivity index (χ3v) is 8.29. The van der Waals surface area contributed by atoms with Crippen molar-refractivity contribution in [3.63, 3.8) is 0 Å². The lowest BCUT2D eigenvalue weighted by molar-refractivity contribution is 0.0111. The van der Waals surface area contributed by atoms with Gasteiger partial charge in [0.05, 0.1) is 23.5 Å². The smallest absolute Gasteiger partial charge is 0.257 e. The molecular formula is C27H35N3O8S. The summed E-state index contributed by atoms with van der Waals surface area (Å²) in [7, 11) is -0.315. The predicted octanol–water partition coefficient (Wildman–Crippen LogP) is 2.82. The van der Waals surface area contributed by atoms with E-state index in [1.165, 1.54) is 17.9 Å². The van der Waals surface area contributed by atoms with Crippen LogP contribution in [0.3, 0.4) is 0 Å². The Morgan fingerprint density at radius 2 is 1.77 bits per heavy atom. The van der Waals surface area contributed by atoms with E-state index < -0.39 is 10.0 Å². The van der Waals surface area contributed by atoms with Crippen LogP contribution in [0.1, 0.15) is 41.5 Å². The van der Waals surface area contributed by atoms with Crippen LogP contribution in [0, 0.1) is 5.92 Å². The Balaban J connectivity index is 1.68. The molecule has 0 saturated carbocycles. The zero-order chi connectivity index (χ0) is 28.3. The van der Waals surface area contributed by atoms with Crippen LogP contribution in [0.4, 0.5) is 5.69 Å². The van der Waals surface area contributed by atoms with Crippen LogP contribution in [0.2, 0.25) is 0 Å². The van der Waals surface area contributed by atoms with Gasteiger partial charge in [-0.2, -0.15) is 0 Å². The third kappa shape index (κ3) is 6.39. The first kappa shape index (κ1) is 28.5. The number of benzene rings is 2. The number of nitrogens with one attached hydrogen (secondary N) is 1. The Kier molecular flexibility index (Phi) is 8.55. The van der Waals surface area contributed by atoms with E-state index in [2.05, 4.69) is 4.72 Å². The molecule has 1 N–H and O–H groups in total. The van der Waals surface area contributed by atoms with Crippen molar-refractivity contribution in [2.75, 3.05) is 51.1 Å². The van der Waals surface area contributed by atoms with Crippen LogP contribution in [-0.2, 0) is 14.8 Å². The fraction of sp³-hybridized carbons (Fsp3) is 0.481. The van der Waals surface area contributed by atoms with Gasteiger partial charge in [-0.1, -0.05) is 6.92 Å². The summed E-state index contributed by atoms with van der Waals surface area (Å²) in [5.74, 6) is 0.630. The van der Waals surface area contributed by atoms with Gasteiger partial charge < -0.3 is 28.7 Å². The number of methoxy groups -OCH3 is 1. The lowest BCUT2D eigenvalue weighted by Gasteiger charge is -2.36. The second-order valence-electron chi connectivity index (χ2n) is 9.84. The fourth-order valence-electron chi connectivity index (χ4n) is 4.57. The van der Waals surface area contributed by atoms with E-state index in [0.717, 1.165) is 0 Å². The second-order valence-corrected chi connectivity index (χ2v) is 11.9. The lowest BCUT2D eigenvalue weighted by atomic mass is 10.0. The molecule has 4 rings (SSSR count). The van der Waals surface area contributed by atoms with E-state index in [9.17, 15) is 18.0 Å². The number of rotatable bonds is 5. The SMILES string of the molecule is CCS(=O)(=O)Nc1ccc2c(c1)C(=O)N(C)C[C@H](OC)[C@@H](C)CN(C(=O)c1ccc3c(c1)OCO3)[C@@H](C)CO2. The quantitative estimate of drug-likeness (QED) is 0.591. The number of amides is 2. The number of fused-ring (bicyclic) bond motifs is 2. The first-order valence-corrected chi connectivity index (χ1v) is 14.4. The Morgan fingerprint density at radius 3 is 2.49 bits per heavy atom. The highest BCUT2D eigenvalue weighted by Gasteiger charge is 2.31. The van der Waals surface area contributed by atoms with Crippen molar-refractivity contribution in [3.8, 4) is 17.2 Å². The zero-order valence-corrected chi connectivity index (χ0v) is 23.6. The predicted molar refractivity (Wildman–Crippen MR) is 145 cm³/mol. The van der Waals surface area contributed by atoms with Gasteiger partial charge in [0.15, 0.2) is 11.5 Å². The van der Waals surface area contributed by atoms with E-state index in [1.54, 1.807) is 49.4 Å². The van der Waals surface area contributed by atoms with Crippen LogP contribution in [0.5, 0.6) is 17.2 Å². The van der Waals surface area contributed by atoms with Crippen molar-refractivity contribution < 1.29 is 37.0 Å². The minimum atomic E-state index is -3.54. The molecule has 0 radical (unpaired) electrons. The zero-order valence-electron chi connectivity index (χ0n) is 22.8. The number of carbonyl (C=O) groups excluding carboxylic acids is 2. The second kappa shape index (κ2) is 11.7. The van der Waals surface area contributed by atoms with Crippen molar-refractivity contribution >= 4 is 27.5 Å². The molecule has 3 atom stereocenters. The number of hydrogen-bond acceptors (Lipinski definition) is 8. The van der Waals surface area contributed by atoms with Gasteiger partial charge in [-0.15, -0.1) is 0 Å². The maximum Gasteiger partial charge on any atom is 0.257 e. The highest BCUT2D eigenvalue weighted by molar-refractivity contribution is 7.92. The molecule has 11 nitrogen and oxygen atoms in total. The number of sulfonamides is 1. The molecule has 0 bridgehead atoms. The van der Waals surface area contributed by atoms with Crippen LogP contribution >= 0.6 is 0 Å². The molecule has 212 valence electrons. The Hall–Kier alpha value is -3.51. The molecule has 0 aliphatic carbocycles. The fourth-order valence-corrected chi connectivity index (χ4v) is 5.20. The summed E-state index contributed by atoms with van der Waals surface area (Å²) in [6.45, 7) is 6.21. The van der Waals surface area contributed by atoms with Gasteiger partial charge in [0, 0.05) is 44.4 Å². The monoisotopic (exact) mass is 561 g/mol. The molecule has 2 aliphatic heterocycles. The summed E-state index contributed by atoms with van der Waals surface area (Å²) in [5.41, 5.74) is 0.926. The minimum absolute atomic E-state index is 0.102. The van der Waals surface area contributed by atoms with Gasteiger partial charge in [0.2, 0.25) is 16.8 Å². The standard InChI is InChI=1S/C27H35N3O8S/c1-6-39(33,34)28-20-8-10-22-21(12-20)27(32)29(4)14-25(35-5)17(2)13-30(18(3)15-36-22)26(31)19-7-9-23-24(11-19)38-16-37-23/h7-12,17-18,25,28H,6,13-16H2,1-5H3/t17-,18-,25-/m0/s1. The van der Waals surface area contributed by atoms with Gasteiger partial charge in [0.1, 0.15) is 12.4 Å². The highest BCUT2D eigenvalue weighted by Crippen LogP contribution is 2.33. The number of likely N-dealkylation sites (N-methyl/N-ethyl adjacent to an activating group) is 1. The Labute approximate surface area is 229 Å². The normalized spacial score (nSPS) is 21.9. The van der Waals surface area contributed by atoms with Gasteiger partial charge in [-0.25, -0.2) is 8.42 Å². The Bertz CT molecular complexity index is 1330. The molecule has 0 aromatic heterocycles. The summed E-state index contributed by atoms with van der Waals surface area (Å²) in [6.07, 6.45) is -0.372. The van der Waals surface area contributed by atoms with E-state index >= 15 is 0 Å². The van der Waals surface area contributed by atoms with Crippen LogP contribution in [0.15, 0.2) is 36.4 Å². The van der Waals surface area contributed by atoms with Crippen molar-refractivity contribution in [2.24, 2.45) is 5.92 Å². The van der Waals surface area contributed by atoms with Crippen LogP contribution < -0.4 is 18.9 Å². The number of carbonyl (C=O) groups is 2. The molecule has 0 fully saturated rings. The molecular weight excluding hydrogens is 526 g/mol. The molecule has 2 heterocycles. The average Bonchev–Trinajstić information content (AvgIpc) is 3.40. The van der Waals surface area contributed by atoms with Gasteiger partial charge in [-0.3, -0.25) is 14.3 Å². The topological polar surface area (TPSA) is 124 Å². The molecule has 12 heteroatoms. The molecule has 2 aromatic carbocycles. The first-order valence-electron chi connectivity index (χ1n) is 12.8. The van der Waals surface area contributed by atoms with E-state index in [1.807, 2.05) is 13.8 Å². The highest BCUT2D eigenvalue weighted by atomic mass is 32.2. The number of hydrogen-bond donors (Lipinski definition) is 1. The van der Waals surface area contributed by atoms with E-state index in [-0.39, 0.29) is 72.6 Å². The van der Waals surface area contributed by atoms with Crippen molar-refractivity contribution in [2.45, 2.75) is 32.9 Å². The average molecular weight is 562 g/mol. The maximum absolute atomic E-state index is 13.7. The van der Waals surface area contributed by atoms with Gasteiger partial charge >= 0.3 is 0 Å². The first-order chi connectivity index (χ1) is 18.5. The summed E-state index contributed by atoms with van der Waals surface area (Å²) in [4.78, 5) is 30.5. The number of nitrogens with zero attached hydrogens (tertiary/aromatic N) is 2. The van der Waals surface area contributed by atoms with Crippen LogP contribution in [0.25, 0.3) is 0 Å². The largest absolute Gasteiger partial charge is 0.491 e. The molecule has 0 saturated heterocycles. The molecule has 2 aliphatic rings. The summed E-state index contributed by atoms with van der Waals surface area (Å²) >= 11 is 0. The van der Waals surface area contributed by atoms with Crippen LogP contribution in [-0.4, -0.2) is 88.6 Å². The number of ether oxygens (including phenoxy) is 4. The maximum atomic E-state index is 13.7.